The molecule has 124 valence electrons. The van der Waals surface area contributed by atoms with Crippen LogP contribution in [-0.4, -0.2) is 25.8 Å². The van der Waals surface area contributed by atoms with Crippen molar-refractivity contribution in [2.24, 2.45) is 0 Å². The zero-order valence-corrected chi connectivity index (χ0v) is 15.7. The van der Waals surface area contributed by atoms with Crippen molar-refractivity contribution in [1.29, 1.82) is 0 Å². The summed E-state index contributed by atoms with van der Waals surface area (Å²) < 4.78 is 2.96. The first-order valence-electron chi connectivity index (χ1n) is 7.72. The molecule has 2 heterocycles. The molecule has 2 aromatic heterocycles. The minimum atomic E-state index is -0.193. The second-order valence-electron chi connectivity index (χ2n) is 5.67. The van der Waals surface area contributed by atoms with E-state index in [0.29, 0.717) is 0 Å². The number of aryl methyl sites for hydroxylation is 2. The number of rotatable bonds is 5. The van der Waals surface area contributed by atoms with E-state index in [1.54, 1.807) is 0 Å². The van der Waals surface area contributed by atoms with Gasteiger partial charge in [0.1, 0.15) is 5.01 Å². The quantitative estimate of drug-likeness (QED) is 0.494. The molecule has 0 spiro atoms. The van der Waals surface area contributed by atoms with Crippen molar-refractivity contribution in [3.63, 3.8) is 0 Å². The van der Waals surface area contributed by atoms with Gasteiger partial charge in [0.15, 0.2) is 10.1 Å². The average Bonchev–Trinajstić information content (AvgIpc) is 3.10. The number of aromatic nitrogens is 3. The first-order valence-corrected chi connectivity index (χ1v) is 9.42. The van der Waals surface area contributed by atoms with E-state index < -0.39 is 0 Å². The average molecular weight is 358 g/mol. The Balaban J connectivity index is 1.88. The highest BCUT2D eigenvalue weighted by atomic mass is 32.2. The van der Waals surface area contributed by atoms with E-state index in [9.17, 15) is 4.79 Å². The van der Waals surface area contributed by atoms with Crippen LogP contribution in [0.15, 0.2) is 40.7 Å². The Bertz CT molecular complexity index is 868. The third-order valence-electron chi connectivity index (χ3n) is 3.87. The fourth-order valence-corrected chi connectivity index (χ4v) is 4.76. The van der Waals surface area contributed by atoms with Gasteiger partial charge in [-0.2, -0.15) is 0 Å². The summed E-state index contributed by atoms with van der Waals surface area (Å²) in [5.41, 5.74) is 3.89. The zero-order valence-electron chi connectivity index (χ0n) is 14.1. The first-order chi connectivity index (χ1) is 11.5. The van der Waals surface area contributed by atoms with Crippen LogP contribution in [0, 0.1) is 20.8 Å². The summed E-state index contributed by atoms with van der Waals surface area (Å²) in [6, 6.07) is 12.1. The number of hydrogen-bond donors (Lipinski definition) is 0. The lowest BCUT2D eigenvalue weighted by Gasteiger charge is -2.11. The van der Waals surface area contributed by atoms with E-state index in [1.165, 1.54) is 23.1 Å². The third kappa shape index (κ3) is 3.30. The maximum absolute atomic E-state index is 12.9. The molecule has 0 amide bonds. The second kappa shape index (κ2) is 6.91. The van der Waals surface area contributed by atoms with E-state index in [1.807, 2.05) is 52.0 Å². The van der Waals surface area contributed by atoms with Crippen LogP contribution in [0.3, 0.4) is 0 Å². The predicted octanol–water partition coefficient (Wildman–Crippen LogP) is 4.62. The van der Waals surface area contributed by atoms with E-state index in [0.717, 1.165) is 32.0 Å². The molecule has 0 aliphatic carbocycles. The fourth-order valence-electron chi connectivity index (χ4n) is 2.74. The second-order valence-corrected chi connectivity index (χ2v) is 8.44. The molecule has 0 fully saturated rings. The number of thioether (sulfide) groups is 1. The number of carbonyl (C=O) groups is 1. The van der Waals surface area contributed by atoms with Crippen molar-refractivity contribution in [2.45, 2.75) is 37.3 Å². The number of ketones is 1. The minimum Gasteiger partial charge on any atom is -0.318 e. The molecule has 0 radical (unpaired) electrons. The molecule has 6 heteroatoms. The van der Waals surface area contributed by atoms with Crippen LogP contribution >= 0.6 is 23.1 Å². The lowest BCUT2D eigenvalue weighted by molar-refractivity contribution is 0.0993. The molecule has 0 bridgehead atoms. The first kappa shape index (κ1) is 16.9. The van der Waals surface area contributed by atoms with Crippen LogP contribution in [0.25, 0.3) is 5.69 Å². The maximum atomic E-state index is 12.9. The van der Waals surface area contributed by atoms with E-state index >= 15 is 0 Å². The minimum absolute atomic E-state index is 0.128. The van der Waals surface area contributed by atoms with Gasteiger partial charge in [-0.15, -0.1) is 10.2 Å². The van der Waals surface area contributed by atoms with Crippen LogP contribution in [0.2, 0.25) is 0 Å². The Kier molecular flexibility index (Phi) is 4.87. The van der Waals surface area contributed by atoms with Crippen LogP contribution in [0.5, 0.6) is 0 Å². The Hall–Kier alpha value is -1.92. The topological polar surface area (TPSA) is 47.8 Å². The molecular weight excluding hydrogens is 338 g/mol. The zero-order chi connectivity index (χ0) is 17.3. The summed E-state index contributed by atoms with van der Waals surface area (Å²) in [5.74, 6) is 0.128. The summed E-state index contributed by atoms with van der Waals surface area (Å²) in [6.07, 6.45) is 0. The van der Waals surface area contributed by atoms with Crippen molar-refractivity contribution < 1.29 is 4.79 Å². The van der Waals surface area contributed by atoms with Gasteiger partial charge in [-0.05, 0) is 45.9 Å². The molecule has 0 aliphatic heterocycles. The number of nitrogens with zero attached hydrogens (tertiary/aromatic N) is 3. The number of hydrogen-bond acceptors (Lipinski definition) is 5. The molecule has 1 aromatic carbocycles. The summed E-state index contributed by atoms with van der Waals surface area (Å²) in [5, 5.41) is 8.83. The van der Waals surface area contributed by atoms with E-state index in [2.05, 4.69) is 26.9 Å². The van der Waals surface area contributed by atoms with Gasteiger partial charge in [0, 0.05) is 22.6 Å². The molecule has 3 rings (SSSR count). The Labute approximate surface area is 149 Å². The molecule has 0 aliphatic rings. The summed E-state index contributed by atoms with van der Waals surface area (Å²) >= 11 is 2.99. The molecule has 0 N–H and O–H groups in total. The molecular formula is C18H19N3OS2. The van der Waals surface area contributed by atoms with Crippen molar-refractivity contribution in [3.8, 4) is 5.69 Å². The van der Waals surface area contributed by atoms with Gasteiger partial charge in [-0.25, -0.2) is 0 Å². The lowest BCUT2D eigenvalue weighted by atomic mass is 10.1. The monoisotopic (exact) mass is 357 g/mol. The highest BCUT2D eigenvalue weighted by Crippen LogP contribution is 2.30. The predicted molar refractivity (Wildman–Crippen MR) is 99.5 cm³/mol. The molecule has 1 atom stereocenters. The molecule has 0 saturated carbocycles. The van der Waals surface area contributed by atoms with Crippen molar-refractivity contribution in [2.75, 3.05) is 0 Å². The molecule has 4 nitrogen and oxygen atoms in total. The number of para-hydroxylation sites is 1. The normalized spacial score (nSPS) is 12.3. The standard InChI is InChI=1S/C18H19N3OS2/c1-11-10-16(12(2)21(11)15-8-6-5-7-9-15)17(22)13(3)23-18-20-19-14(4)24-18/h5-10,13H,1-4H3/t13-/m0/s1. The highest BCUT2D eigenvalue weighted by molar-refractivity contribution is 8.02. The van der Waals surface area contributed by atoms with Crippen molar-refractivity contribution in [1.82, 2.24) is 14.8 Å². The van der Waals surface area contributed by atoms with Gasteiger partial charge in [0.2, 0.25) is 0 Å². The van der Waals surface area contributed by atoms with Crippen LogP contribution in [-0.2, 0) is 0 Å². The van der Waals surface area contributed by atoms with Gasteiger partial charge in [-0.3, -0.25) is 4.79 Å². The molecule has 0 unspecified atom stereocenters. The summed E-state index contributed by atoms with van der Waals surface area (Å²) in [4.78, 5) is 12.9. The Morgan fingerprint density at radius 3 is 2.50 bits per heavy atom. The van der Waals surface area contributed by atoms with Crippen molar-refractivity contribution >= 4 is 28.9 Å². The van der Waals surface area contributed by atoms with Crippen LogP contribution < -0.4 is 0 Å². The Morgan fingerprint density at radius 1 is 1.17 bits per heavy atom. The molecule has 0 saturated heterocycles. The summed E-state index contributed by atoms with van der Waals surface area (Å²) in [7, 11) is 0. The lowest BCUT2D eigenvalue weighted by Crippen LogP contribution is -2.14. The fraction of sp³-hybridized carbons (Fsp3) is 0.278. The largest absolute Gasteiger partial charge is 0.318 e. The molecule has 24 heavy (non-hydrogen) atoms. The van der Waals surface area contributed by atoms with Gasteiger partial charge in [0.25, 0.3) is 0 Å². The van der Waals surface area contributed by atoms with Gasteiger partial charge in [0.05, 0.1) is 5.25 Å². The summed E-state index contributed by atoms with van der Waals surface area (Å²) in [6.45, 7) is 7.88. The van der Waals surface area contributed by atoms with Crippen LogP contribution in [0.4, 0.5) is 0 Å². The highest BCUT2D eigenvalue weighted by Gasteiger charge is 2.23. The van der Waals surface area contributed by atoms with Gasteiger partial charge >= 0.3 is 0 Å². The SMILES string of the molecule is Cc1nnc(S[C@@H](C)C(=O)c2cc(C)n(-c3ccccc3)c2C)s1. The Morgan fingerprint density at radius 2 is 1.88 bits per heavy atom. The number of carbonyl (C=O) groups excluding carboxylic acids is 1. The van der Waals surface area contributed by atoms with Gasteiger partial charge < -0.3 is 4.57 Å². The van der Waals surface area contributed by atoms with Crippen LogP contribution in [0.1, 0.15) is 33.7 Å². The number of benzene rings is 1. The van der Waals surface area contributed by atoms with Crippen molar-refractivity contribution in [3.05, 3.63) is 58.4 Å². The smallest absolute Gasteiger partial charge is 0.177 e. The molecule has 3 aromatic rings. The third-order valence-corrected chi connectivity index (χ3v) is 5.89. The maximum Gasteiger partial charge on any atom is 0.177 e. The number of Topliss-reactive ketones (excluding diaryl/α,β-unsaturated/α-hetero) is 1. The van der Waals surface area contributed by atoms with E-state index in [4.69, 9.17) is 0 Å². The van der Waals surface area contributed by atoms with E-state index in [-0.39, 0.29) is 11.0 Å². The van der Waals surface area contributed by atoms with Gasteiger partial charge in [-0.1, -0.05) is 41.3 Å².